The Hall–Kier alpha value is -2.49. The summed E-state index contributed by atoms with van der Waals surface area (Å²) < 4.78 is 12.0. The van der Waals surface area contributed by atoms with E-state index in [4.69, 9.17) is 9.47 Å². The van der Waals surface area contributed by atoms with Gasteiger partial charge in [0.25, 0.3) is 5.91 Å². The number of nitrogens with zero attached hydrogens (tertiary/aromatic N) is 3. The number of ether oxygens (including phenoxy) is 2. The van der Waals surface area contributed by atoms with Crippen LogP contribution in [0.3, 0.4) is 0 Å². The summed E-state index contributed by atoms with van der Waals surface area (Å²) in [5.74, 6) is 0.413. The maximum Gasteiger partial charge on any atom is 0.257 e. The zero-order valence-electron chi connectivity index (χ0n) is 20.0. The molecule has 2 amide bonds. The van der Waals surface area contributed by atoms with E-state index in [1.807, 2.05) is 11.6 Å². The Labute approximate surface area is 199 Å². The van der Waals surface area contributed by atoms with Gasteiger partial charge >= 0.3 is 0 Å². The van der Waals surface area contributed by atoms with Crippen LogP contribution in [0.1, 0.15) is 42.6 Å². The molecule has 0 radical (unpaired) electrons. The molecular formula is C24H34N4O4S. The normalized spacial score (nSPS) is 22.6. The maximum atomic E-state index is 13.3. The van der Waals surface area contributed by atoms with Gasteiger partial charge in [-0.15, -0.1) is 11.3 Å². The molecule has 9 heteroatoms. The number of likely N-dealkylation sites (N-methyl/N-ethyl adjacent to an activating group) is 1. The highest BCUT2D eigenvalue weighted by Gasteiger charge is 2.28. The van der Waals surface area contributed by atoms with Crippen molar-refractivity contribution in [3.05, 3.63) is 40.3 Å². The first-order valence-electron chi connectivity index (χ1n) is 11.3. The van der Waals surface area contributed by atoms with Crippen molar-refractivity contribution in [2.75, 3.05) is 39.2 Å². The van der Waals surface area contributed by atoms with Gasteiger partial charge in [-0.3, -0.25) is 14.5 Å². The van der Waals surface area contributed by atoms with Crippen LogP contribution in [-0.4, -0.2) is 72.6 Å². The van der Waals surface area contributed by atoms with Gasteiger partial charge in [-0.1, -0.05) is 13.8 Å². The highest BCUT2D eigenvalue weighted by Crippen LogP contribution is 2.27. The first-order valence-corrected chi connectivity index (χ1v) is 12.2. The molecule has 0 aliphatic carbocycles. The molecule has 2 heterocycles. The fourth-order valence-electron chi connectivity index (χ4n) is 3.90. The number of anilines is 1. The number of thiazole rings is 1. The van der Waals surface area contributed by atoms with Gasteiger partial charge in [-0.2, -0.15) is 0 Å². The second kappa shape index (κ2) is 11.6. The smallest absolute Gasteiger partial charge is 0.257 e. The van der Waals surface area contributed by atoms with Crippen molar-refractivity contribution in [2.45, 2.75) is 45.9 Å². The molecule has 0 spiro atoms. The molecule has 3 atom stereocenters. The van der Waals surface area contributed by atoms with Crippen LogP contribution in [0.25, 0.3) is 0 Å². The SMILES string of the molecule is CCC(=O)Nc1ccc2c(c1)C(=O)N(C)C[C@H](OC)[C@@H](C)CN(Cc1nccs1)[C@@H](C)CO2. The minimum Gasteiger partial charge on any atom is -0.491 e. The number of carbonyl (C=O) groups is 2. The summed E-state index contributed by atoms with van der Waals surface area (Å²) in [7, 11) is 3.46. The molecule has 2 aromatic rings. The standard InChI is InChI=1S/C24H34N4O4S/c1-6-22(29)26-18-7-8-20-19(11-18)24(30)27(4)13-21(31-5)16(2)12-28(17(3)15-32-20)14-23-25-9-10-33-23/h7-11,16-17,21H,6,12-15H2,1-5H3,(H,26,29)/t16-,17-,21-/m0/s1. The maximum absolute atomic E-state index is 13.3. The fourth-order valence-corrected chi connectivity index (χ4v) is 4.54. The number of carbonyl (C=O) groups excluding carboxylic acids is 2. The van der Waals surface area contributed by atoms with Crippen LogP contribution in [0, 0.1) is 5.92 Å². The van der Waals surface area contributed by atoms with Crippen LogP contribution in [0.15, 0.2) is 29.8 Å². The molecule has 180 valence electrons. The van der Waals surface area contributed by atoms with E-state index in [0.717, 1.165) is 18.1 Å². The molecule has 0 fully saturated rings. The number of methoxy groups -OCH3 is 1. The summed E-state index contributed by atoms with van der Waals surface area (Å²) >= 11 is 1.64. The molecule has 0 bridgehead atoms. The number of benzene rings is 1. The highest BCUT2D eigenvalue weighted by atomic mass is 32.1. The van der Waals surface area contributed by atoms with Crippen LogP contribution < -0.4 is 10.1 Å². The fraction of sp³-hybridized carbons (Fsp3) is 0.542. The minimum atomic E-state index is -0.167. The summed E-state index contributed by atoms with van der Waals surface area (Å²) in [6, 6.07) is 5.31. The highest BCUT2D eigenvalue weighted by molar-refractivity contribution is 7.09. The third kappa shape index (κ3) is 6.52. The molecule has 1 aromatic carbocycles. The minimum absolute atomic E-state index is 0.0911. The molecule has 1 aliphatic rings. The van der Waals surface area contributed by atoms with E-state index in [1.54, 1.807) is 55.5 Å². The Balaban J connectivity index is 1.93. The number of hydrogen-bond acceptors (Lipinski definition) is 7. The molecule has 3 rings (SSSR count). The topological polar surface area (TPSA) is 84.0 Å². The Morgan fingerprint density at radius 2 is 2.12 bits per heavy atom. The number of aromatic nitrogens is 1. The van der Waals surface area contributed by atoms with E-state index < -0.39 is 0 Å². The lowest BCUT2D eigenvalue weighted by molar-refractivity contribution is -0.115. The van der Waals surface area contributed by atoms with Gasteiger partial charge in [0.2, 0.25) is 5.91 Å². The largest absolute Gasteiger partial charge is 0.491 e. The Morgan fingerprint density at radius 3 is 2.79 bits per heavy atom. The predicted octanol–water partition coefficient (Wildman–Crippen LogP) is 3.50. The van der Waals surface area contributed by atoms with Gasteiger partial charge in [0, 0.05) is 57.0 Å². The molecule has 0 unspecified atom stereocenters. The van der Waals surface area contributed by atoms with Crippen molar-refractivity contribution < 1.29 is 19.1 Å². The van der Waals surface area contributed by atoms with E-state index in [0.29, 0.717) is 36.6 Å². The van der Waals surface area contributed by atoms with E-state index in [-0.39, 0.29) is 29.9 Å². The molecule has 33 heavy (non-hydrogen) atoms. The van der Waals surface area contributed by atoms with Crippen LogP contribution >= 0.6 is 11.3 Å². The van der Waals surface area contributed by atoms with Crippen molar-refractivity contribution in [3.8, 4) is 5.75 Å². The Bertz CT molecular complexity index is 937. The van der Waals surface area contributed by atoms with E-state index in [2.05, 4.69) is 29.0 Å². The number of rotatable bonds is 5. The first-order chi connectivity index (χ1) is 15.8. The second-order valence-electron chi connectivity index (χ2n) is 8.57. The zero-order valence-corrected chi connectivity index (χ0v) is 20.9. The second-order valence-corrected chi connectivity index (χ2v) is 9.54. The molecule has 1 aromatic heterocycles. The molecule has 8 nitrogen and oxygen atoms in total. The zero-order chi connectivity index (χ0) is 24.0. The summed E-state index contributed by atoms with van der Waals surface area (Å²) in [6.07, 6.45) is 2.06. The van der Waals surface area contributed by atoms with Gasteiger partial charge in [-0.25, -0.2) is 4.98 Å². The van der Waals surface area contributed by atoms with Crippen LogP contribution in [0.2, 0.25) is 0 Å². The van der Waals surface area contributed by atoms with E-state index in [9.17, 15) is 9.59 Å². The summed E-state index contributed by atoms with van der Waals surface area (Å²) in [5, 5.41) is 5.87. The van der Waals surface area contributed by atoms with Crippen molar-refractivity contribution in [2.24, 2.45) is 5.92 Å². The van der Waals surface area contributed by atoms with Crippen molar-refractivity contribution in [1.29, 1.82) is 0 Å². The third-order valence-electron chi connectivity index (χ3n) is 6.00. The summed E-state index contributed by atoms with van der Waals surface area (Å²) in [4.78, 5) is 33.7. The lowest BCUT2D eigenvalue weighted by Crippen LogP contribution is -2.46. The molecule has 0 saturated heterocycles. The monoisotopic (exact) mass is 474 g/mol. The van der Waals surface area contributed by atoms with Crippen molar-refractivity contribution in [1.82, 2.24) is 14.8 Å². The van der Waals surface area contributed by atoms with Crippen molar-refractivity contribution >= 4 is 28.8 Å². The first kappa shape index (κ1) is 25.1. The average Bonchev–Trinajstić information content (AvgIpc) is 3.32. The Kier molecular flexibility index (Phi) is 8.82. The predicted molar refractivity (Wildman–Crippen MR) is 130 cm³/mol. The summed E-state index contributed by atoms with van der Waals surface area (Å²) in [6.45, 7) is 8.44. The average molecular weight is 475 g/mol. The van der Waals surface area contributed by atoms with Gasteiger partial charge in [0.15, 0.2) is 0 Å². The third-order valence-corrected chi connectivity index (χ3v) is 6.76. The van der Waals surface area contributed by atoms with Gasteiger partial charge < -0.3 is 19.7 Å². The number of hydrogen-bond donors (Lipinski definition) is 1. The van der Waals surface area contributed by atoms with E-state index >= 15 is 0 Å². The Morgan fingerprint density at radius 1 is 1.33 bits per heavy atom. The molecular weight excluding hydrogens is 440 g/mol. The van der Waals surface area contributed by atoms with Gasteiger partial charge in [0.1, 0.15) is 17.4 Å². The lowest BCUT2D eigenvalue weighted by atomic mass is 10.0. The van der Waals surface area contributed by atoms with Crippen LogP contribution in [0.5, 0.6) is 5.75 Å². The van der Waals surface area contributed by atoms with E-state index in [1.165, 1.54) is 0 Å². The number of fused-ring (bicyclic) bond motifs is 1. The molecule has 1 N–H and O–H groups in total. The van der Waals surface area contributed by atoms with Gasteiger partial charge in [0.05, 0.1) is 18.2 Å². The number of nitrogens with one attached hydrogen (secondary N) is 1. The molecule has 1 aliphatic heterocycles. The van der Waals surface area contributed by atoms with Gasteiger partial charge in [-0.05, 0) is 31.0 Å². The lowest BCUT2D eigenvalue weighted by Gasteiger charge is -2.35. The van der Waals surface area contributed by atoms with Crippen LogP contribution in [0.4, 0.5) is 5.69 Å². The quantitative estimate of drug-likeness (QED) is 0.714. The summed E-state index contributed by atoms with van der Waals surface area (Å²) in [5.41, 5.74) is 1.00. The number of amides is 2. The molecule has 0 saturated carbocycles. The van der Waals surface area contributed by atoms with Crippen molar-refractivity contribution in [3.63, 3.8) is 0 Å². The van der Waals surface area contributed by atoms with Crippen LogP contribution in [-0.2, 0) is 16.1 Å².